The molecule has 1 fully saturated rings. The van der Waals surface area contributed by atoms with Gasteiger partial charge in [0.1, 0.15) is 0 Å². The first-order valence-corrected chi connectivity index (χ1v) is 8.44. The Bertz CT molecular complexity index is 786. The van der Waals surface area contributed by atoms with Gasteiger partial charge in [-0.15, -0.1) is 0 Å². The first kappa shape index (κ1) is 16.6. The van der Waals surface area contributed by atoms with Crippen LogP contribution in [0.5, 0.6) is 0 Å². The van der Waals surface area contributed by atoms with Crippen molar-refractivity contribution in [2.75, 3.05) is 13.2 Å². The summed E-state index contributed by atoms with van der Waals surface area (Å²) in [6.07, 6.45) is 3.64. The molecule has 2 atom stereocenters. The van der Waals surface area contributed by atoms with E-state index in [-0.39, 0.29) is 36.5 Å². The number of aliphatic hydroxyl groups is 1. The topological polar surface area (TPSA) is 75.4 Å². The van der Waals surface area contributed by atoms with E-state index >= 15 is 0 Å². The van der Waals surface area contributed by atoms with Crippen molar-refractivity contribution >= 4 is 16.8 Å². The molecule has 1 saturated heterocycles. The zero-order chi connectivity index (χ0) is 17.1. The maximum Gasteiger partial charge on any atom is 0.261 e. The van der Waals surface area contributed by atoms with Crippen molar-refractivity contribution in [2.24, 2.45) is 5.92 Å². The van der Waals surface area contributed by atoms with Crippen LogP contribution in [0.15, 0.2) is 35.4 Å². The minimum Gasteiger partial charge on any atom is -0.396 e. The van der Waals surface area contributed by atoms with Gasteiger partial charge in [0.15, 0.2) is 0 Å². The number of hydrogen-bond donors (Lipinski definition) is 1. The summed E-state index contributed by atoms with van der Waals surface area (Å²) in [4.78, 5) is 31.1. The molecule has 3 rings (SSSR count). The summed E-state index contributed by atoms with van der Waals surface area (Å²) in [7, 11) is 0. The molecule has 0 saturated carbocycles. The summed E-state index contributed by atoms with van der Waals surface area (Å²) < 4.78 is 1.50. The van der Waals surface area contributed by atoms with E-state index in [1.165, 1.54) is 10.9 Å². The van der Waals surface area contributed by atoms with Crippen molar-refractivity contribution in [3.8, 4) is 0 Å². The molecule has 24 heavy (non-hydrogen) atoms. The van der Waals surface area contributed by atoms with E-state index in [0.717, 1.165) is 12.8 Å². The summed E-state index contributed by atoms with van der Waals surface area (Å²) in [5.41, 5.74) is 0.550. The lowest BCUT2D eigenvalue weighted by molar-refractivity contribution is -0.136. The van der Waals surface area contributed by atoms with E-state index in [0.29, 0.717) is 24.0 Å². The largest absolute Gasteiger partial charge is 0.396 e. The fourth-order valence-corrected chi connectivity index (χ4v) is 3.30. The molecule has 128 valence electrons. The maximum atomic E-state index is 12.5. The van der Waals surface area contributed by atoms with Crippen LogP contribution in [0.4, 0.5) is 0 Å². The number of amides is 1. The third-order valence-corrected chi connectivity index (χ3v) is 4.86. The predicted octanol–water partition coefficient (Wildman–Crippen LogP) is 1.41. The first-order valence-electron chi connectivity index (χ1n) is 8.44. The normalized spacial score (nSPS) is 21.2. The Morgan fingerprint density at radius 1 is 1.33 bits per heavy atom. The second-order valence-corrected chi connectivity index (χ2v) is 6.53. The Morgan fingerprint density at radius 2 is 2.12 bits per heavy atom. The van der Waals surface area contributed by atoms with Crippen molar-refractivity contribution in [1.29, 1.82) is 0 Å². The second kappa shape index (κ2) is 7.13. The van der Waals surface area contributed by atoms with Crippen LogP contribution in [0.2, 0.25) is 0 Å². The van der Waals surface area contributed by atoms with E-state index in [9.17, 15) is 14.7 Å². The van der Waals surface area contributed by atoms with Crippen LogP contribution >= 0.6 is 0 Å². The van der Waals surface area contributed by atoms with Gasteiger partial charge in [-0.2, -0.15) is 0 Å². The molecule has 0 radical (unpaired) electrons. The molecule has 2 aromatic rings. The number of para-hydroxylation sites is 1. The van der Waals surface area contributed by atoms with Crippen molar-refractivity contribution < 1.29 is 9.90 Å². The highest BCUT2D eigenvalue weighted by atomic mass is 16.3. The number of aromatic nitrogens is 2. The van der Waals surface area contributed by atoms with E-state index in [1.54, 1.807) is 12.1 Å². The highest BCUT2D eigenvalue weighted by Crippen LogP contribution is 2.22. The van der Waals surface area contributed by atoms with Crippen LogP contribution in [-0.4, -0.2) is 44.7 Å². The van der Waals surface area contributed by atoms with Gasteiger partial charge < -0.3 is 10.0 Å². The molecule has 1 aromatic heterocycles. The number of hydrogen-bond acceptors (Lipinski definition) is 4. The third kappa shape index (κ3) is 3.33. The Labute approximate surface area is 140 Å². The van der Waals surface area contributed by atoms with Gasteiger partial charge in [-0.3, -0.25) is 14.2 Å². The van der Waals surface area contributed by atoms with Crippen LogP contribution in [0.25, 0.3) is 10.9 Å². The number of carbonyl (C=O) groups excluding carboxylic acids is 1. The molecule has 6 nitrogen and oxygen atoms in total. The zero-order valence-corrected chi connectivity index (χ0v) is 13.9. The van der Waals surface area contributed by atoms with Gasteiger partial charge in [0, 0.05) is 32.2 Å². The molecule has 1 aliphatic heterocycles. The SMILES string of the molecule is CC1CCC(CO)CN1C(=O)CCn1cnc2ccccc2c1=O. The van der Waals surface area contributed by atoms with Crippen LogP contribution in [0, 0.1) is 5.92 Å². The lowest BCUT2D eigenvalue weighted by Gasteiger charge is -2.37. The molecule has 1 aromatic carbocycles. The Morgan fingerprint density at radius 3 is 2.92 bits per heavy atom. The number of nitrogens with zero attached hydrogens (tertiary/aromatic N) is 3. The number of aliphatic hydroxyl groups excluding tert-OH is 1. The quantitative estimate of drug-likeness (QED) is 0.920. The van der Waals surface area contributed by atoms with Crippen molar-refractivity contribution in [1.82, 2.24) is 14.5 Å². The van der Waals surface area contributed by atoms with E-state index < -0.39 is 0 Å². The van der Waals surface area contributed by atoms with Crippen LogP contribution in [-0.2, 0) is 11.3 Å². The lowest BCUT2D eigenvalue weighted by atomic mass is 9.94. The molecule has 1 N–H and O–H groups in total. The van der Waals surface area contributed by atoms with Gasteiger partial charge in [0.05, 0.1) is 17.2 Å². The number of carbonyl (C=O) groups is 1. The molecule has 0 spiro atoms. The highest BCUT2D eigenvalue weighted by Gasteiger charge is 2.28. The van der Waals surface area contributed by atoms with E-state index in [4.69, 9.17) is 0 Å². The van der Waals surface area contributed by atoms with Crippen molar-refractivity contribution in [3.63, 3.8) is 0 Å². The van der Waals surface area contributed by atoms with Gasteiger partial charge >= 0.3 is 0 Å². The standard InChI is InChI=1S/C18H23N3O3/c1-13-6-7-14(11-22)10-21(13)17(23)8-9-20-12-19-16-5-3-2-4-15(16)18(20)24/h2-5,12-14,22H,6-11H2,1H3. The number of likely N-dealkylation sites (tertiary alicyclic amines) is 1. The monoisotopic (exact) mass is 329 g/mol. The number of aryl methyl sites for hydroxylation is 1. The first-order chi connectivity index (χ1) is 11.6. The molecular formula is C18H23N3O3. The van der Waals surface area contributed by atoms with Gasteiger partial charge in [-0.1, -0.05) is 12.1 Å². The molecule has 2 heterocycles. The molecule has 1 amide bonds. The van der Waals surface area contributed by atoms with E-state index in [1.807, 2.05) is 24.0 Å². The zero-order valence-electron chi connectivity index (χ0n) is 13.9. The maximum absolute atomic E-state index is 12.5. The number of fused-ring (bicyclic) bond motifs is 1. The third-order valence-electron chi connectivity index (χ3n) is 4.86. The Balaban J connectivity index is 1.70. The predicted molar refractivity (Wildman–Crippen MR) is 91.6 cm³/mol. The molecule has 0 bridgehead atoms. The number of rotatable bonds is 4. The fraction of sp³-hybridized carbons (Fsp3) is 0.500. The molecule has 6 heteroatoms. The number of benzene rings is 1. The summed E-state index contributed by atoms with van der Waals surface area (Å²) in [5, 5.41) is 9.90. The minimum absolute atomic E-state index is 0.0284. The summed E-state index contributed by atoms with van der Waals surface area (Å²) in [6, 6.07) is 7.40. The second-order valence-electron chi connectivity index (χ2n) is 6.53. The van der Waals surface area contributed by atoms with Crippen molar-refractivity contribution in [2.45, 2.75) is 38.8 Å². The minimum atomic E-state index is -0.117. The van der Waals surface area contributed by atoms with Gasteiger partial charge in [-0.05, 0) is 37.8 Å². The highest BCUT2D eigenvalue weighted by molar-refractivity contribution is 5.77. The summed E-state index contributed by atoms with van der Waals surface area (Å²) in [5.74, 6) is 0.191. The molecule has 1 aliphatic rings. The fourth-order valence-electron chi connectivity index (χ4n) is 3.30. The van der Waals surface area contributed by atoms with E-state index in [2.05, 4.69) is 4.98 Å². The summed E-state index contributed by atoms with van der Waals surface area (Å²) >= 11 is 0. The Kier molecular flexibility index (Phi) is 4.94. The lowest BCUT2D eigenvalue weighted by Crippen LogP contribution is -2.46. The van der Waals surface area contributed by atoms with Crippen LogP contribution in [0.1, 0.15) is 26.2 Å². The average molecular weight is 329 g/mol. The smallest absolute Gasteiger partial charge is 0.261 e. The van der Waals surface area contributed by atoms with Crippen molar-refractivity contribution in [3.05, 3.63) is 40.9 Å². The number of piperidine rings is 1. The van der Waals surface area contributed by atoms with Gasteiger partial charge in [-0.25, -0.2) is 4.98 Å². The average Bonchev–Trinajstić information content (AvgIpc) is 2.61. The summed E-state index contributed by atoms with van der Waals surface area (Å²) in [6.45, 7) is 3.07. The molecular weight excluding hydrogens is 306 g/mol. The van der Waals surface area contributed by atoms with Gasteiger partial charge in [0.25, 0.3) is 5.56 Å². The van der Waals surface area contributed by atoms with Crippen LogP contribution < -0.4 is 5.56 Å². The molecule has 2 unspecified atom stereocenters. The molecule has 0 aliphatic carbocycles. The Hall–Kier alpha value is -2.21. The van der Waals surface area contributed by atoms with Crippen LogP contribution in [0.3, 0.4) is 0 Å². The van der Waals surface area contributed by atoms with Gasteiger partial charge in [0.2, 0.25) is 5.91 Å².